The van der Waals surface area contributed by atoms with Gasteiger partial charge in [-0.1, -0.05) is 22.0 Å². The molecule has 76 valence electrons. The molecule has 0 saturated carbocycles. The quantitative estimate of drug-likeness (QED) is 0.903. The van der Waals surface area contributed by atoms with Crippen LogP contribution in [0, 0.1) is 6.92 Å². The predicted octanol–water partition coefficient (Wildman–Crippen LogP) is 2.61. The van der Waals surface area contributed by atoms with E-state index < -0.39 is 5.97 Å². The molecule has 0 heterocycles. The van der Waals surface area contributed by atoms with Crippen molar-refractivity contribution in [1.29, 1.82) is 0 Å². The van der Waals surface area contributed by atoms with E-state index in [-0.39, 0.29) is 13.0 Å². The van der Waals surface area contributed by atoms with Gasteiger partial charge in [-0.05, 0) is 24.6 Å². The summed E-state index contributed by atoms with van der Waals surface area (Å²) in [6.07, 6.45) is 0.0193. The van der Waals surface area contributed by atoms with E-state index in [4.69, 9.17) is 9.84 Å². The van der Waals surface area contributed by atoms with Crippen LogP contribution in [0.5, 0.6) is 5.75 Å². The summed E-state index contributed by atoms with van der Waals surface area (Å²) in [6, 6.07) is 5.57. The Hall–Kier alpha value is -1.03. The minimum atomic E-state index is -0.851. The van der Waals surface area contributed by atoms with Crippen molar-refractivity contribution in [2.24, 2.45) is 0 Å². The van der Waals surface area contributed by atoms with E-state index in [1.807, 2.05) is 25.1 Å². The van der Waals surface area contributed by atoms with Crippen LogP contribution in [0.2, 0.25) is 0 Å². The third kappa shape index (κ3) is 3.38. The summed E-state index contributed by atoms with van der Waals surface area (Å²) in [4.78, 5) is 10.2. The van der Waals surface area contributed by atoms with Crippen LogP contribution in [-0.4, -0.2) is 17.7 Å². The number of carboxylic acid groups (broad SMARTS) is 1. The van der Waals surface area contributed by atoms with Gasteiger partial charge in [0, 0.05) is 4.47 Å². The number of aliphatic carboxylic acids is 1. The molecule has 0 spiro atoms. The van der Waals surface area contributed by atoms with Crippen molar-refractivity contribution in [3.63, 3.8) is 0 Å². The van der Waals surface area contributed by atoms with Gasteiger partial charge in [0.2, 0.25) is 0 Å². The van der Waals surface area contributed by atoms with Crippen LogP contribution in [0.1, 0.15) is 12.0 Å². The first-order valence-corrected chi connectivity index (χ1v) is 4.99. The molecule has 1 N–H and O–H groups in total. The van der Waals surface area contributed by atoms with Crippen molar-refractivity contribution in [2.45, 2.75) is 13.3 Å². The second-order valence-electron chi connectivity index (χ2n) is 2.90. The zero-order valence-corrected chi connectivity index (χ0v) is 9.37. The summed E-state index contributed by atoms with van der Waals surface area (Å²) in [5.41, 5.74) is 1.12. The highest BCUT2D eigenvalue weighted by Crippen LogP contribution is 2.22. The molecule has 0 unspecified atom stereocenters. The Morgan fingerprint density at radius 1 is 1.57 bits per heavy atom. The fraction of sp³-hybridized carbons (Fsp3) is 0.300. The van der Waals surface area contributed by atoms with Gasteiger partial charge in [-0.25, -0.2) is 0 Å². The smallest absolute Gasteiger partial charge is 0.306 e. The lowest BCUT2D eigenvalue weighted by molar-refractivity contribution is -0.137. The van der Waals surface area contributed by atoms with E-state index >= 15 is 0 Å². The molecule has 0 aliphatic heterocycles. The van der Waals surface area contributed by atoms with Gasteiger partial charge < -0.3 is 9.84 Å². The summed E-state index contributed by atoms with van der Waals surface area (Å²) >= 11 is 3.37. The van der Waals surface area contributed by atoms with Gasteiger partial charge in [-0.2, -0.15) is 0 Å². The maximum Gasteiger partial charge on any atom is 0.306 e. The van der Waals surface area contributed by atoms with Crippen LogP contribution in [0.15, 0.2) is 22.7 Å². The minimum absolute atomic E-state index is 0.0193. The van der Waals surface area contributed by atoms with Crippen molar-refractivity contribution in [2.75, 3.05) is 6.61 Å². The molecular weight excluding hydrogens is 248 g/mol. The number of carboxylic acids is 1. The summed E-state index contributed by atoms with van der Waals surface area (Å²) in [6.45, 7) is 2.18. The fourth-order valence-corrected chi connectivity index (χ4v) is 1.28. The molecule has 1 aromatic carbocycles. The van der Waals surface area contributed by atoms with Gasteiger partial charge >= 0.3 is 5.97 Å². The van der Waals surface area contributed by atoms with Gasteiger partial charge in [0.05, 0.1) is 13.0 Å². The highest BCUT2D eigenvalue weighted by molar-refractivity contribution is 9.10. The van der Waals surface area contributed by atoms with E-state index in [9.17, 15) is 4.79 Å². The largest absolute Gasteiger partial charge is 0.493 e. The van der Waals surface area contributed by atoms with Crippen molar-refractivity contribution in [3.05, 3.63) is 28.2 Å². The van der Waals surface area contributed by atoms with Crippen molar-refractivity contribution < 1.29 is 14.6 Å². The van der Waals surface area contributed by atoms with Crippen LogP contribution < -0.4 is 4.74 Å². The number of halogens is 1. The van der Waals surface area contributed by atoms with E-state index in [2.05, 4.69) is 15.9 Å². The Morgan fingerprint density at radius 2 is 2.29 bits per heavy atom. The summed E-state index contributed by atoms with van der Waals surface area (Å²) in [5.74, 6) is -0.167. The van der Waals surface area contributed by atoms with E-state index in [1.165, 1.54) is 0 Å². The number of hydrogen-bond acceptors (Lipinski definition) is 2. The number of hydrogen-bond donors (Lipinski definition) is 1. The van der Waals surface area contributed by atoms with Crippen LogP contribution in [0.25, 0.3) is 0 Å². The number of aryl methyl sites for hydroxylation is 1. The van der Waals surface area contributed by atoms with Gasteiger partial charge in [0.1, 0.15) is 5.75 Å². The molecule has 0 amide bonds. The molecule has 4 heteroatoms. The molecule has 0 aliphatic carbocycles. The SMILES string of the molecule is Cc1ccc(OCCC(=O)O)cc1Br. The molecule has 1 rings (SSSR count). The van der Waals surface area contributed by atoms with E-state index in [0.29, 0.717) is 5.75 Å². The first kappa shape index (κ1) is 11.0. The molecule has 0 aliphatic rings. The van der Waals surface area contributed by atoms with Gasteiger partial charge in [-0.3, -0.25) is 4.79 Å². The Bertz CT molecular complexity index is 336. The molecule has 0 fully saturated rings. The molecular formula is C10H11BrO3. The lowest BCUT2D eigenvalue weighted by atomic mass is 10.2. The Kier molecular flexibility index (Phi) is 3.95. The molecule has 0 saturated heterocycles. The van der Waals surface area contributed by atoms with E-state index in [0.717, 1.165) is 10.0 Å². The van der Waals surface area contributed by atoms with Crippen molar-refractivity contribution >= 4 is 21.9 Å². The lowest BCUT2D eigenvalue weighted by Gasteiger charge is -2.05. The third-order valence-electron chi connectivity index (χ3n) is 1.73. The lowest BCUT2D eigenvalue weighted by Crippen LogP contribution is -2.04. The monoisotopic (exact) mass is 258 g/mol. The first-order valence-electron chi connectivity index (χ1n) is 4.20. The van der Waals surface area contributed by atoms with Crippen molar-refractivity contribution in [1.82, 2.24) is 0 Å². The van der Waals surface area contributed by atoms with Crippen LogP contribution >= 0.6 is 15.9 Å². The molecule has 0 atom stereocenters. The van der Waals surface area contributed by atoms with E-state index in [1.54, 1.807) is 0 Å². The molecule has 14 heavy (non-hydrogen) atoms. The summed E-state index contributed by atoms with van der Waals surface area (Å²) in [7, 11) is 0. The maximum absolute atomic E-state index is 10.2. The minimum Gasteiger partial charge on any atom is -0.493 e. The van der Waals surface area contributed by atoms with Gasteiger partial charge in [0.25, 0.3) is 0 Å². The zero-order chi connectivity index (χ0) is 10.6. The summed E-state index contributed by atoms with van der Waals surface area (Å²) < 4.78 is 6.21. The summed E-state index contributed by atoms with van der Waals surface area (Å²) in [5, 5.41) is 8.40. The van der Waals surface area contributed by atoms with Crippen LogP contribution in [0.3, 0.4) is 0 Å². The number of ether oxygens (including phenoxy) is 1. The molecule has 0 aromatic heterocycles. The average Bonchev–Trinajstić information content (AvgIpc) is 2.10. The third-order valence-corrected chi connectivity index (χ3v) is 2.58. The second-order valence-corrected chi connectivity index (χ2v) is 3.76. The normalized spacial score (nSPS) is 9.86. The second kappa shape index (κ2) is 5.00. The Labute approximate surface area is 90.8 Å². The molecule has 0 radical (unpaired) electrons. The van der Waals surface area contributed by atoms with Crippen LogP contribution in [0.4, 0.5) is 0 Å². The maximum atomic E-state index is 10.2. The highest BCUT2D eigenvalue weighted by Gasteiger charge is 2.00. The molecule has 3 nitrogen and oxygen atoms in total. The standard InChI is InChI=1S/C10H11BrO3/c1-7-2-3-8(6-9(7)11)14-5-4-10(12)13/h2-3,6H,4-5H2,1H3,(H,12,13). The van der Waals surface area contributed by atoms with Gasteiger partial charge in [-0.15, -0.1) is 0 Å². The van der Waals surface area contributed by atoms with Gasteiger partial charge in [0.15, 0.2) is 0 Å². The number of rotatable bonds is 4. The highest BCUT2D eigenvalue weighted by atomic mass is 79.9. The molecule has 0 bridgehead atoms. The first-order chi connectivity index (χ1) is 6.59. The van der Waals surface area contributed by atoms with Crippen molar-refractivity contribution in [3.8, 4) is 5.75 Å². The number of carbonyl (C=O) groups is 1. The Balaban J connectivity index is 2.51. The topological polar surface area (TPSA) is 46.5 Å². The Morgan fingerprint density at radius 3 is 2.86 bits per heavy atom. The van der Waals surface area contributed by atoms with Crippen LogP contribution in [-0.2, 0) is 4.79 Å². The average molecular weight is 259 g/mol. The zero-order valence-electron chi connectivity index (χ0n) is 7.79. The molecule has 1 aromatic rings. The number of benzene rings is 1. The fourth-order valence-electron chi connectivity index (χ4n) is 0.920. The predicted molar refractivity (Wildman–Crippen MR) is 56.6 cm³/mol.